The Bertz CT molecular complexity index is 404. The molecule has 16 heavy (non-hydrogen) atoms. The minimum Gasteiger partial charge on any atom is -0.486 e. The Balaban J connectivity index is 2.64. The van der Waals surface area contributed by atoms with Crippen LogP contribution >= 0.6 is 11.6 Å². The highest BCUT2D eigenvalue weighted by Gasteiger charge is 2.23. The Kier molecular flexibility index (Phi) is 3.26. The van der Waals surface area contributed by atoms with E-state index in [4.69, 9.17) is 26.8 Å². The molecule has 0 atom stereocenters. The molecule has 1 aliphatic rings. The molecule has 0 aliphatic carbocycles. The van der Waals surface area contributed by atoms with Gasteiger partial charge in [0.2, 0.25) is 0 Å². The van der Waals surface area contributed by atoms with Crippen molar-refractivity contribution in [1.29, 1.82) is 0 Å². The van der Waals surface area contributed by atoms with Crippen LogP contribution in [0.3, 0.4) is 0 Å². The third kappa shape index (κ3) is 1.85. The second-order valence-electron chi connectivity index (χ2n) is 4.13. The molecule has 2 N–H and O–H groups in total. The SMILES string of the molecule is CC(C)c1c(CN)c(Cl)cc2c1OCCO2. The molecule has 3 nitrogen and oxygen atoms in total. The standard InChI is InChI=1S/C12H16ClNO2/c1-7(2)11-8(6-14)9(13)5-10-12(11)16-4-3-15-10/h5,7H,3-4,6,14H2,1-2H3. The first-order chi connectivity index (χ1) is 7.65. The van der Waals surface area contributed by atoms with E-state index in [0.717, 1.165) is 22.6 Å². The van der Waals surface area contributed by atoms with E-state index in [0.29, 0.717) is 30.7 Å². The molecule has 88 valence electrons. The highest BCUT2D eigenvalue weighted by atomic mass is 35.5. The number of ether oxygens (including phenoxy) is 2. The molecule has 2 rings (SSSR count). The molecule has 1 heterocycles. The van der Waals surface area contributed by atoms with Crippen molar-refractivity contribution in [1.82, 2.24) is 0 Å². The van der Waals surface area contributed by atoms with Gasteiger partial charge in [-0.3, -0.25) is 0 Å². The molecule has 0 unspecified atom stereocenters. The van der Waals surface area contributed by atoms with Gasteiger partial charge in [-0.05, 0) is 11.5 Å². The third-order valence-electron chi connectivity index (χ3n) is 2.71. The zero-order chi connectivity index (χ0) is 11.7. The monoisotopic (exact) mass is 241 g/mol. The van der Waals surface area contributed by atoms with Gasteiger partial charge in [-0.15, -0.1) is 0 Å². The summed E-state index contributed by atoms with van der Waals surface area (Å²) in [7, 11) is 0. The Morgan fingerprint density at radius 1 is 1.38 bits per heavy atom. The maximum Gasteiger partial charge on any atom is 0.165 e. The average Bonchev–Trinajstić information content (AvgIpc) is 2.26. The summed E-state index contributed by atoms with van der Waals surface area (Å²) in [6.45, 7) is 5.77. The first-order valence-corrected chi connectivity index (χ1v) is 5.84. The first kappa shape index (κ1) is 11.6. The van der Waals surface area contributed by atoms with Gasteiger partial charge < -0.3 is 15.2 Å². The van der Waals surface area contributed by atoms with Crippen molar-refractivity contribution >= 4 is 11.6 Å². The lowest BCUT2D eigenvalue weighted by molar-refractivity contribution is 0.169. The summed E-state index contributed by atoms with van der Waals surface area (Å²) in [5, 5.41) is 0.662. The van der Waals surface area contributed by atoms with Crippen LogP contribution in [0.5, 0.6) is 11.5 Å². The van der Waals surface area contributed by atoms with Gasteiger partial charge in [-0.1, -0.05) is 25.4 Å². The molecule has 0 aromatic heterocycles. The molecule has 0 spiro atoms. The zero-order valence-electron chi connectivity index (χ0n) is 9.55. The molecule has 0 bridgehead atoms. The molecule has 4 heteroatoms. The van der Waals surface area contributed by atoms with Gasteiger partial charge in [0.25, 0.3) is 0 Å². The van der Waals surface area contributed by atoms with Crippen LogP contribution in [0.15, 0.2) is 6.07 Å². The van der Waals surface area contributed by atoms with E-state index in [1.807, 2.05) is 0 Å². The van der Waals surface area contributed by atoms with E-state index in [-0.39, 0.29) is 0 Å². The van der Waals surface area contributed by atoms with E-state index in [1.165, 1.54) is 0 Å². The Hall–Kier alpha value is -0.930. The van der Waals surface area contributed by atoms with Crippen molar-refractivity contribution in [2.24, 2.45) is 5.73 Å². The van der Waals surface area contributed by atoms with Crippen molar-refractivity contribution in [3.05, 3.63) is 22.2 Å². The van der Waals surface area contributed by atoms with Crippen LogP contribution in [0, 0.1) is 0 Å². The second kappa shape index (κ2) is 4.52. The zero-order valence-corrected chi connectivity index (χ0v) is 10.3. The van der Waals surface area contributed by atoms with Crippen molar-refractivity contribution in [3.63, 3.8) is 0 Å². The Morgan fingerprint density at radius 2 is 2.06 bits per heavy atom. The van der Waals surface area contributed by atoms with Crippen LogP contribution in [-0.4, -0.2) is 13.2 Å². The Morgan fingerprint density at radius 3 is 2.69 bits per heavy atom. The normalized spacial score (nSPS) is 14.3. The highest BCUT2D eigenvalue weighted by molar-refractivity contribution is 6.31. The van der Waals surface area contributed by atoms with E-state index in [9.17, 15) is 0 Å². The van der Waals surface area contributed by atoms with E-state index in [2.05, 4.69) is 13.8 Å². The molecule has 0 saturated carbocycles. The van der Waals surface area contributed by atoms with Gasteiger partial charge in [0.1, 0.15) is 13.2 Å². The molecule has 1 aromatic carbocycles. The van der Waals surface area contributed by atoms with Crippen molar-refractivity contribution < 1.29 is 9.47 Å². The first-order valence-electron chi connectivity index (χ1n) is 5.46. The molecule has 0 radical (unpaired) electrons. The van der Waals surface area contributed by atoms with Crippen molar-refractivity contribution in [2.75, 3.05) is 13.2 Å². The summed E-state index contributed by atoms with van der Waals surface area (Å²) in [5.74, 6) is 1.86. The Labute approximate surface area is 100 Å². The summed E-state index contributed by atoms with van der Waals surface area (Å²) in [5.41, 5.74) is 7.77. The topological polar surface area (TPSA) is 44.5 Å². The number of fused-ring (bicyclic) bond motifs is 1. The lowest BCUT2D eigenvalue weighted by Gasteiger charge is -2.25. The van der Waals surface area contributed by atoms with E-state index in [1.54, 1.807) is 6.07 Å². The van der Waals surface area contributed by atoms with E-state index >= 15 is 0 Å². The van der Waals surface area contributed by atoms with E-state index < -0.39 is 0 Å². The number of benzene rings is 1. The van der Waals surface area contributed by atoms with Crippen LogP contribution in [0.1, 0.15) is 30.9 Å². The number of halogens is 1. The fraction of sp³-hybridized carbons (Fsp3) is 0.500. The lowest BCUT2D eigenvalue weighted by Crippen LogP contribution is -2.18. The predicted molar refractivity (Wildman–Crippen MR) is 64.4 cm³/mol. The summed E-state index contributed by atoms with van der Waals surface area (Å²) in [6, 6.07) is 1.80. The summed E-state index contributed by atoms with van der Waals surface area (Å²) in [6.07, 6.45) is 0. The van der Waals surface area contributed by atoms with Crippen LogP contribution in [-0.2, 0) is 6.54 Å². The van der Waals surface area contributed by atoms with Crippen molar-refractivity contribution in [3.8, 4) is 11.5 Å². The van der Waals surface area contributed by atoms with Crippen molar-refractivity contribution in [2.45, 2.75) is 26.3 Å². The molecular formula is C12H16ClNO2. The third-order valence-corrected chi connectivity index (χ3v) is 3.05. The molecule has 0 amide bonds. The maximum absolute atomic E-state index is 6.20. The summed E-state index contributed by atoms with van der Waals surface area (Å²) < 4.78 is 11.2. The number of rotatable bonds is 2. The minimum absolute atomic E-state index is 0.313. The quantitative estimate of drug-likeness (QED) is 0.866. The number of hydrogen-bond donors (Lipinski definition) is 1. The molecular weight excluding hydrogens is 226 g/mol. The smallest absolute Gasteiger partial charge is 0.165 e. The number of hydrogen-bond acceptors (Lipinski definition) is 3. The molecule has 0 fully saturated rings. The lowest BCUT2D eigenvalue weighted by atomic mass is 9.95. The van der Waals surface area contributed by atoms with Crippen LogP contribution in [0.4, 0.5) is 0 Å². The molecule has 1 aromatic rings. The van der Waals surface area contributed by atoms with Crippen LogP contribution < -0.4 is 15.2 Å². The van der Waals surface area contributed by atoms with Gasteiger partial charge >= 0.3 is 0 Å². The van der Waals surface area contributed by atoms with Gasteiger partial charge in [0, 0.05) is 23.2 Å². The fourth-order valence-corrected chi connectivity index (χ4v) is 2.31. The number of nitrogens with two attached hydrogens (primary N) is 1. The second-order valence-corrected chi connectivity index (χ2v) is 4.54. The van der Waals surface area contributed by atoms with Gasteiger partial charge in [0.05, 0.1) is 0 Å². The predicted octanol–water partition coefficient (Wildman–Crippen LogP) is 2.69. The fourth-order valence-electron chi connectivity index (χ4n) is 2.04. The average molecular weight is 242 g/mol. The molecule has 1 aliphatic heterocycles. The maximum atomic E-state index is 6.20. The summed E-state index contributed by atoms with van der Waals surface area (Å²) in [4.78, 5) is 0. The largest absolute Gasteiger partial charge is 0.486 e. The molecule has 0 saturated heterocycles. The van der Waals surface area contributed by atoms with Gasteiger partial charge in [-0.2, -0.15) is 0 Å². The highest BCUT2D eigenvalue weighted by Crippen LogP contribution is 2.43. The van der Waals surface area contributed by atoms with Crippen LogP contribution in [0.25, 0.3) is 0 Å². The summed E-state index contributed by atoms with van der Waals surface area (Å²) >= 11 is 6.20. The van der Waals surface area contributed by atoms with Gasteiger partial charge in [-0.25, -0.2) is 0 Å². The van der Waals surface area contributed by atoms with Gasteiger partial charge in [0.15, 0.2) is 11.5 Å². The minimum atomic E-state index is 0.313. The van der Waals surface area contributed by atoms with Crippen LogP contribution in [0.2, 0.25) is 5.02 Å².